The maximum Gasteiger partial charge on any atom is 0.341 e. The van der Waals surface area contributed by atoms with Gasteiger partial charge in [0, 0.05) is 18.9 Å². The van der Waals surface area contributed by atoms with Gasteiger partial charge in [-0.25, -0.2) is 9.78 Å². The maximum atomic E-state index is 11.7. The number of pyridine rings is 1. The van der Waals surface area contributed by atoms with Crippen molar-refractivity contribution < 1.29 is 9.53 Å². The highest BCUT2D eigenvalue weighted by Crippen LogP contribution is 2.16. The molecule has 3 rings (SSSR count). The van der Waals surface area contributed by atoms with Gasteiger partial charge in [-0.2, -0.15) is 0 Å². The average molecular weight is 259 g/mol. The number of nitrogens with zero attached hydrogens (tertiary/aromatic N) is 3. The molecule has 0 aromatic carbocycles. The predicted octanol–water partition coefficient (Wildman–Crippen LogP) is 1.72. The second kappa shape index (κ2) is 5.01. The van der Waals surface area contributed by atoms with Crippen LogP contribution in [0.25, 0.3) is 5.65 Å². The summed E-state index contributed by atoms with van der Waals surface area (Å²) in [6.07, 6.45) is 6.42. The number of hydrogen-bond donors (Lipinski definition) is 0. The smallest absolute Gasteiger partial charge is 0.341 e. The van der Waals surface area contributed by atoms with Crippen LogP contribution in [0.2, 0.25) is 0 Å². The Balaban J connectivity index is 1.93. The van der Waals surface area contributed by atoms with E-state index in [0.29, 0.717) is 11.2 Å². The Kier molecular flexibility index (Phi) is 3.21. The molecular formula is C14H17N3O2. The average Bonchev–Trinajstić information content (AvgIpc) is 3.06. The van der Waals surface area contributed by atoms with Gasteiger partial charge in [0.15, 0.2) is 5.65 Å². The zero-order chi connectivity index (χ0) is 13.2. The Hall–Kier alpha value is -1.88. The van der Waals surface area contributed by atoms with Crippen molar-refractivity contribution in [1.29, 1.82) is 0 Å². The third-order valence-corrected chi connectivity index (χ3v) is 3.52. The molecule has 100 valence electrons. The van der Waals surface area contributed by atoms with Crippen LogP contribution < -0.4 is 0 Å². The van der Waals surface area contributed by atoms with Crippen LogP contribution in [0.3, 0.4) is 0 Å². The molecule has 19 heavy (non-hydrogen) atoms. The molecule has 0 unspecified atom stereocenters. The van der Waals surface area contributed by atoms with Crippen LogP contribution in [0.1, 0.15) is 28.9 Å². The van der Waals surface area contributed by atoms with E-state index in [2.05, 4.69) is 9.88 Å². The Labute approximate surface area is 111 Å². The lowest BCUT2D eigenvalue weighted by molar-refractivity contribution is 0.0602. The third-order valence-electron chi connectivity index (χ3n) is 3.52. The van der Waals surface area contributed by atoms with Crippen LogP contribution in [-0.2, 0) is 11.3 Å². The van der Waals surface area contributed by atoms with Crippen LogP contribution >= 0.6 is 0 Å². The second-order valence-electron chi connectivity index (χ2n) is 4.86. The SMILES string of the molecule is COC(=O)c1cccn2cc(CN3CCCC3)nc12. The summed E-state index contributed by atoms with van der Waals surface area (Å²) in [5.41, 5.74) is 2.18. The van der Waals surface area contributed by atoms with Crippen molar-refractivity contribution in [3.8, 4) is 0 Å². The van der Waals surface area contributed by atoms with Gasteiger partial charge in [0.1, 0.15) is 5.56 Å². The molecule has 2 aromatic rings. The van der Waals surface area contributed by atoms with Crippen molar-refractivity contribution in [3.63, 3.8) is 0 Å². The molecule has 0 radical (unpaired) electrons. The number of carbonyl (C=O) groups excluding carboxylic acids is 1. The van der Waals surface area contributed by atoms with E-state index in [4.69, 9.17) is 4.74 Å². The van der Waals surface area contributed by atoms with E-state index in [0.717, 1.165) is 25.3 Å². The summed E-state index contributed by atoms with van der Waals surface area (Å²) in [5.74, 6) is -0.344. The Bertz CT molecular complexity index is 600. The molecule has 0 amide bonds. The number of carbonyl (C=O) groups is 1. The van der Waals surface area contributed by atoms with Crippen LogP contribution in [-0.4, -0.2) is 40.5 Å². The zero-order valence-electron chi connectivity index (χ0n) is 11.0. The van der Waals surface area contributed by atoms with Gasteiger partial charge in [0.2, 0.25) is 0 Å². The van der Waals surface area contributed by atoms with E-state index < -0.39 is 0 Å². The molecule has 5 nitrogen and oxygen atoms in total. The van der Waals surface area contributed by atoms with Crippen LogP contribution in [0.15, 0.2) is 24.5 Å². The summed E-state index contributed by atoms with van der Waals surface area (Å²) < 4.78 is 6.67. The molecule has 0 atom stereocenters. The van der Waals surface area contributed by atoms with Gasteiger partial charge in [-0.3, -0.25) is 4.90 Å². The zero-order valence-corrected chi connectivity index (χ0v) is 11.0. The lowest BCUT2D eigenvalue weighted by Gasteiger charge is -2.11. The molecule has 0 spiro atoms. The van der Waals surface area contributed by atoms with E-state index in [1.807, 2.05) is 22.9 Å². The first kappa shape index (κ1) is 12.2. The molecule has 3 heterocycles. The topological polar surface area (TPSA) is 46.8 Å². The summed E-state index contributed by atoms with van der Waals surface area (Å²) in [6.45, 7) is 3.12. The minimum absolute atomic E-state index is 0.344. The number of aromatic nitrogens is 2. The van der Waals surface area contributed by atoms with E-state index >= 15 is 0 Å². The number of methoxy groups -OCH3 is 1. The van der Waals surface area contributed by atoms with Crippen molar-refractivity contribution in [2.45, 2.75) is 19.4 Å². The molecule has 0 N–H and O–H groups in total. The number of hydrogen-bond acceptors (Lipinski definition) is 4. The summed E-state index contributed by atoms with van der Waals surface area (Å²) in [4.78, 5) is 18.6. The monoisotopic (exact) mass is 259 g/mol. The van der Waals surface area contributed by atoms with Crippen LogP contribution in [0.5, 0.6) is 0 Å². The van der Waals surface area contributed by atoms with E-state index in [9.17, 15) is 4.79 Å². The normalized spacial score (nSPS) is 16.1. The van der Waals surface area contributed by atoms with Gasteiger partial charge in [-0.1, -0.05) is 0 Å². The Morgan fingerprint density at radius 2 is 2.21 bits per heavy atom. The van der Waals surface area contributed by atoms with Gasteiger partial charge in [-0.15, -0.1) is 0 Å². The first-order valence-corrected chi connectivity index (χ1v) is 6.55. The lowest BCUT2D eigenvalue weighted by atomic mass is 10.3. The highest BCUT2D eigenvalue weighted by atomic mass is 16.5. The fourth-order valence-electron chi connectivity index (χ4n) is 2.58. The predicted molar refractivity (Wildman–Crippen MR) is 71.0 cm³/mol. The number of esters is 1. The molecule has 0 bridgehead atoms. The molecule has 1 fully saturated rings. The molecular weight excluding hydrogens is 242 g/mol. The summed E-state index contributed by atoms with van der Waals surface area (Å²) >= 11 is 0. The van der Waals surface area contributed by atoms with Crippen molar-refractivity contribution >= 4 is 11.6 Å². The fourth-order valence-corrected chi connectivity index (χ4v) is 2.58. The molecule has 0 saturated carbocycles. The summed E-state index contributed by atoms with van der Waals surface area (Å²) in [6, 6.07) is 3.58. The first-order chi connectivity index (χ1) is 9.28. The van der Waals surface area contributed by atoms with Gasteiger partial charge in [-0.05, 0) is 38.1 Å². The fraction of sp³-hybridized carbons (Fsp3) is 0.429. The number of fused-ring (bicyclic) bond motifs is 1. The lowest BCUT2D eigenvalue weighted by Crippen LogP contribution is -2.18. The van der Waals surface area contributed by atoms with Gasteiger partial charge < -0.3 is 9.14 Å². The van der Waals surface area contributed by atoms with E-state index in [-0.39, 0.29) is 5.97 Å². The highest BCUT2D eigenvalue weighted by molar-refractivity contribution is 5.95. The highest BCUT2D eigenvalue weighted by Gasteiger charge is 2.16. The first-order valence-electron chi connectivity index (χ1n) is 6.55. The molecule has 1 aliphatic rings. The summed E-state index contributed by atoms with van der Waals surface area (Å²) in [5, 5.41) is 0. The maximum absolute atomic E-state index is 11.7. The third kappa shape index (κ3) is 2.33. The number of imidazole rings is 1. The largest absolute Gasteiger partial charge is 0.465 e. The Morgan fingerprint density at radius 1 is 1.42 bits per heavy atom. The van der Waals surface area contributed by atoms with Crippen LogP contribution in [0, 0.1) is 0 Å². The van der Waals surface area contributed by atoms with E-state index in [1.54, 1.807) is 6.07 Å². The van der Waals surface area contributed by atoms with E-state index in [1.165, 1.54) is 20.0 Å². The van der Waals surface area contributed by atoms with Gasteiger partial charge >= 0.3 is 5.97 Å². The quantitative estimate of drug-likeness (QED) is 0.787. The number of likely N-dealkylation sites (tertiary alicyclic amines) is 1. The summed E-state index contributed by atoms with van der Waals surface area (Å²) in [7, 11) is 1.39. The van der Waals surface area contributed by atoms with Gasteiger partial charge in [0.25, 0.3) is 0 Å². The van der Waals surface area contributed by atoms with Crippen molar-refractivity contribution in [2.24, 2.45) is 0 Å². The van der Waals surface area contributed by atoms with Crippen LogP contribution in [0.4, 0.5) is 0 Å². The van der Waals surface area contributed by atoms with Crippen molar-refractivity contribution in [1.82, 2.24) is 14.3 Å². The molecule has 5 heteroatoms. The van der Waals surface area contributed by atoms with Gasteiger partial charge in [0.05, 0.1) is 12.8 Å². The minimum Gasteiger partial charge on any atom is -0.465 e. The Morgan fingerprint density at radius 3 is 2.95 bits per heavy atom. The minimum atomic E-state index is -0.344. The van der Waals surface area contributed by atoms with Crippen molar-refractivity contribution in [2.75, 3.05) is 20.2 Å². The standard InChI is InChI=1S/C14H17N3O2/c1-19-14(18)12-5-4-8-17-10-11(15-13(12)17)9-16-6-2-3-7-16/h4-5,8,10H,2-3,6-7,9H2,1H3. The second-order valence-corrected chi connectivity index (χ2v) is 4.86. The van der Waals surface area contributed by atoms with Crippen molar-refractivity contribution in [3.05, 3.63) is 35.8 Å². The molecule has 1 saturated heterocycles. The molecule has 2 aromatic heterocycles. The number of ether oxygens (including phenoxy) is 1. The molecule has 0 aliphatic carbocycles. The number of rotatable bonds is 3. The molecule has 1 aliphatic heterocycles.